The van der Waals surface area contributed by atoms with Gasteiger partial charge in [0.05, 0.1) is 4.91 Å². The van der Waals surface area contributed by atoms with Crippen molar-refractivity contribution in [3.05, 3.63) is 135 Å². The second-order valence-corrected chi connectivity index (χ2v) is 11.9. The molecule has 0 saturated heterocycles. The molecule has 1 atom stereocenters. The Kier molecular flexibility index (Phi) is 11.7. The smallest absolute Gasteiger partial charge is 0.326 e. The van der Waals surface area contributed by atoms with E-state index in [1.54, 1.807) is 6.08 Å². The van der Waals surface area contributed by atoms with Crippen molar-refractivity contribution in [1.29, 1.82) is 0 Å². The Morgan fingerprint density at radius 2 is 1.43 bits per heavy atom. The highest BCUT2D eigenvalue weighted by Crippen LogP contribution is 2.31. The molecule has 1 amide bonds. The van der Waals surface area contributed by atoms with Crippen LogP contribution >= 0.6 is 24.0 Å². The number of carboxylic acid groups (broad SMARTS) is 1. The minimum Gasteiger partial charge on any atom is -0.489 e. The molecule has 0 bridgehead atoms. The highest BCUT2D eigenvalue weighted by atomic mass is 32.2. The monoisotopic (exact) mass is 625 g/mol. The minimum absolute atomic E-state index is 0.168. The van der Waals surface area contributed by atoms with Crippen LogP contribution < -0.4 is 9.47 Å². The number of carbonyl (C=O) groups excluding carboxylic acids is 1. The first-order valence-corrected chi connectivity index (χ1v) is 15.4. The van der Waals surface area contributed by atoms with Crippen molar-refractivity contribution in [2.24, 2.45) is 0 Å². The van der Waals surface area contributed by atoms with Gasteiger partial charge in [0.1, 0.15) is 30.8 Å². The molecule has 0 aliphatic carbocycles. The summed E-state index contributed by atoms with van der Waals surface area (Å²) in [6.07, 6.45) is 1.85. The number of likely N-dealkylation sites (N-methyl/N-ethyl adjacent to an activating group) is 1. The van der Waals surface area contributed by atoms with Crippen LogP contribution in [0.3, 0.4) is 0 Å². The van der Waals surface area contributed by atoms with E-state index in [2.05, 4.69) is 0 Å². The molecule has 226 valence electrons. The molecule has 0 fully saturated rings. The molecule has 4 aromatic carbocycles. The van der Waals surface area contributed by atoms with Crippen molar-refractivity contribution in [2.45, 2.75) is 39.5 Å². The van der Waals surface area contributed by atoms with Crippen molar-refractivity contribution in [3.63, 3.8) is 0 Å². The summed E-state index contributed by atoms with van der Waals surface area (Å²) in [5.41, 5.74) is 5.78. The van der Waals surface area contributed by atoms with Crippen LogP contribution in [0, 0.1) is 13.8 Å². The Balaban J connectivity index is 1.64. The van der Waals surface area contributed by atoms with E-state index in [-0.39, 0.29) is 11.3 Å². The third kappa shape index (κ3) is 9.30. The van der Waals surface area contributed by atoms with Crippen LogP contribution in [0.4, 0.5) is 0 Å². The largest absolute Gasteiger partial charge is 0.489 e. The van der Waals surface area contributed by atoms with Gasteiger partial charge in [-0.15, -0.1) is 0 Å². The highest BCUT2D eigenvalue weighted by Gasteiger charge is 2.29. The molecular formula is C36H35NO5S2. The van der Waals surface area contributed by atoms with Gasteiger partial charge < -0.3 is 19.5 Å². The lowest BCUT2D eigenvalue weighted by Crippen LogP contribution is -2.44. The number of thiocarbonyl (C=S) groups is 1. The molecule has 1 unspecified atom stereocenters. The van der Waals surface area contributed by atoms with E-state index >= 15 is 0 Å². The third-order valence-corrected chi connectivity index (χ3v) is 7.97. The summed E-state index contributed by atoms with van der Waals surface area (Å²) in [6, 6.07) is 29.8. The first-order valence-electron chi connectivity index (χ1n) is 14.1. The summed E-state index contributed by atoms with van der Waals surface area (Å²) in [6.45, 7) is 4.76. The zero-order valence-electron chi connectivity index (χ0n) is 24.9. The lowest BCUT2D eigenvalue weighted by atomic mass is 10.0. The number of amides is 1. The fourth-order valence-corrected chi connectivity index (χ4v) is 5.29. The molecule has 0 saturated carbocycles. The van der Waals surface area contributed by atoms with Crippen LogP contribution in [-0.4, -0.2) is 39.7 Å². The lowest BCUT2D eigenvalue weighted by Gasteiger charge is -2.25. The Morgan fingerprint density at radius 3 is 2.00 bits per heavy atom. The van der Waals surface area contributed by atoms with Gasteiger partial charge in [0.15, 0.2) is 0 Å². The number of hydrogen-bond donors (Lipinski definition) is 1. The van der Waals surface area contributed by atoms with Crippen molar-refractivity contribution in [1.82, 2.24) is 4.90 Å². The maximum absolute atomic E-state index is 13.8. The lowest BCUT2D eigenvalue weighted by molar-refractivity contribution is -0.147. The summed E-state index contributed by atoms with van der Waals surface area (Å²) in [7, 11) is 1.50. The standard InChI is InChI=1S/C36H35NO5S2/c1-25-9-13-28(14-10-25)22-41-31-17-18-33(42-23-29-15-11-26(2)12-16-29)30(20-31)21-34(44-24-43)35(38)37(3)32(36(39)40)19-27-7-5-4-6-8-27/h4-18,20-21,24,32H,19,22-23H2,1-3H3,(H,39,40)/b34-21-. The highest BCUT2D eigenvalue weighted by molar-refractivity contribution is 8.24. The van der Waals surface area contributed by atoms with E-state index in [4.69, 9.17) is 21.7 Å². The molecule has 0 aliphatic rings. The normalized spacial score (nSPS) is 11.8. The van der Waals surface area contributed by atoms with Gasteiger partial charge in [-0.2, -0.15) is 0 Å². The van der Waals surface area contributed by atoms with Gasteiger partial charge in [-0.3, -0.25) is 4.79 Å². The van der Waals surface area contributed by atoms with Crippen LogP contribution in [0.25, 0.3) is 6.08 Å². The molecule has 44 heavy (non-hydrogen) atoms. The topological polar surface area (TPSA) is 76.1 Å². The number of carbonyl (C=O) groups is 2. The molecule has 0 heterocycles. The zero-order valence-corrected chi connectivity index (χ0v) is 26.6. The summed E-state index contributed by atoms with van der Waals surface area (Å²) in [4.78, 5) is 27.5. The first kappa shape index (κ1) is 32.5. The molecule has 0 spiro atoms. The molecule has 4 rings (SSSR count). The summed E-state index contributed by atoms with van der Waals surface area (Å²) in [5, 5.41) is 10.0. The molecule has 4 aromatic rings. The Bertz CT molecular complexity index is 1600. The number of nitrogens with zero attached hydrogens (tertiary/aromatic N) is 1. The Morgan fingerprint density at radius 1 is 0.841 bits per heavy atom. The quantitative estimate of drug-likeness (QED) is 0.114. The van der Waals surface area contributed by atoms with Crippen molar-refractivity contribution in [3.8, 4) is 11.5 Å². The van der Waals surface area contributed by atoms with E-state index in [0.717, 1.165) is 34.0 Å². The van der Waals surface area contributed by atoms with Gasteiger partial charge in [-0.05, 0) is 54.8 Å². The summed E-state index contributed by atoms with van der Waals surface area (Å²) < 4.78 is 13.7. The molecule has 8 heteroatoms. The van der Waals surface area contributed by atoms with Gasteiger partial charge in [0.25, 0.3) is 5.91 Å². The number of aliphatic carboxylic acids is 1. The van der Waals surface area contributed by atoms with Crippen LogP contribution in [0.15, 0.2) is 102 Å². The molecule has 1 N–H and O–H groups in total. The maximum atomic E-state index is 13.8. The van der Waals surface area contributed by atoms with Gasteiger partial charge in [0.2, 0.25) is 0 Å². The Hall–Kier alpha value is -4.40. The van der Waals surface area contributed by atoms with Crippen LogP contribution in [0.5, 0.6) is 11.5 Å². The number of thioether (sulfide) groups is 1. The Labute approximate surface area is 268 Å². The van der Waals surface area contributed by atoms with Crippen LogP contribution in [-0.2, 0) is 29.2 Å². The van der Waals surface area contributed by atoms with Crippen molar-refractivity contribution >= 4 is 46.6 Å². The SMILES string of the molecule is Cc1ccc(COc2ccc(OCc3ccc(C)cc3)c(/C=C(\SC=S)C(=O)N(C)C(Cc3ccccc3)C(=O)O)c2)cc1. The number of rotatable bonds is 14. The van der Waals surface area contributed by atoms with Crippen LogP contribution in [0.1, 0.15) is 33.4 Å². The van der Waals surface area contributed by atoms with Crippen LogP contribution in [0.2, 0.25) is 0 Å². The average Bonchev–Trinajstić information content (AvgIpc) is 3.03. The number of ether oxygens (including phenoxy) is 2. The predicted molar refractivity (Wildman–Crippen MR) is 181 cm³/mol. The first-order chi connectivity index (χ1) is 21.2. The van der Waals surface area contributed by atoms with Gasteiger partial charge in [-0.25, -0.2) is 4.79 Å². The van der Waals surface area contributed by atoms with E-state index in [1.165, 1.54) is 22.2 Å². The summed E-state index contributed by atoms with van der Waals surface area (Å²) >= 11 is 6.17. The van der Waals surface area contributed by atoms with Gasteiger partial charge in [-0.1, -0.05) is 114 Å². The van der Waals surface area contributed by atoms with Crippen molar-refractivity contribution in [2.75, 3.05) is 7.05 Å². The fraction of sp³-hybridized carbons (Fsp3) is 0.194. The fourth-order valence-electron chi connectivity index (χ4n) is 4.44. The third-order valence-electron chi connectivity index (χ3n) is 7.04. The van der Waals surface area contributed by atoms with E-state index in [0.29, 0.717) is 30.3 Å². The number of benzene rings is 4. The molecular weight excluding hydrogens is 591 g/mol. The average molecular weight is 626 g/mol. The molecule has 0 radical (unpaired) electrons. The van der Waals surface area contributed by atoms with Crippen molar-refractivity contribution < 1.29 is 24.2 Å². The molecule has 6 nitrogen and oxygen atoms in total. The number of aryl methyl sites for hydroxylation is 2. The van der Waals surface area contributed by atoms with Gasteiger partial charge in [0, 0.05) is 23.7 Å². The second-order valence-electron chi connectivity index (χ2n) is 10.4. The molecule has 0 aromatic heterocycles. The number of carboxylic acids is 1. The second kappa shape index (κ2) is 15.9. The van der Waals surface area contributed by atoms with E-state index < -0.39 is 17.9 Å². The number of hydrogen-bond acceptors (Lipinski definition) is 6. The zero-order chi connectivity index (χ0) is 31.5. The van der Waals surface area contributed by atoms with E-state index in [1.807, 2.05) is 111 Å². The minimum atomic E-state index is -1.09. The maximum Gasteiger partial charge on any atom is 0.326 e. The predicted octanol–water partition coefficient (Wildman–Crippen LogP) is 7.65. The van der Waals surface area contributed by atoms with E-state index in [9.17, 15) is 14.7 Å². The van der Waals surface area contributed by atoms with Gasteiger partial charge >= 0.3 is 5.97 Å². The molecule has 0 aliphatic heterocycles. The summed E-state index contributed by atoms with van der Waals surface area (Å²) in [5.74, 6) is -0.412.